The number of hydrogen-bond acceptors (Lipinski definition) is 6. The molecule has 1 amide bonds. The zero-order chi connectivity index (χ0) is 15.5. The molecule has 5 nitrogen and oxygen atoms in total. The summed E-state index contributed by atoms with van der Waals surface area (Å²) in [5.41, 5.74) is 0.806. The second kappa shape index (κ2) is 6.44. The van der Waals surface area contributed by atoms with E-state index in [1.165, 1.54) is 18.9 Å². The SMILES string of the molecule is CC(=O)Nc1ccc(SNc2nnc(C(C)(C)C)s2)cc1. The number of nitrogens with one attached hydrogen (secondary N) is 2. The Morgan fingerprint density at radius 2 is 1.86 bits per heavy atom. The van der Waals surface area contributed by atoms with Crippen molar-refractivity contribution >= 4 is 40.0 Å². The van der Waals surface area contributed by atoms with Crippen molar-refractivity contribution in [3.05, 3.63) is 29.3 Å². The summed E-state index contributed by atoms with van der Waals surface area (Å²) in [6.07, 6.45) is 0. The smallest absolute Gasteiger partial charge is 0.221 e. The van der Waals surface area contributed by atoms with E-state index < -0.39 is 0 Å². The molecule has 0 saturated carbocycles. The lowest BCUT2D eigenvalue weighted by atomic mass is 9.98. The lowest BCUT2D eigenvalue weighted by Crippen LogP contribution is -2.10. The van der Waals surface area contributed by atoms with Gasteiger partial charge in [-0.3, -0.25) is 4.79 Å². The van der Waals surface area contributed by atoms with Crippen LogP contribution in [0.25, 0.3) is 0 Å². The van der Waals surface area contributed by atoms with Gasteiger partial charge < -0.3 is 10.0 Å². The topological polar surface area (TPSA) is 66.9 Å². The van der Waals surface area contributed by atoms with Gasteiger partial charge in [-0.25, -0.2) is 0 Å². The van der Waals surface area contributed by atoms with Gasteiger partial charge in [-0.2, -0.15) is 0 Å². The van der Waals surface area contributed by atoms with Gasteiger partial charge in [0.15, 0.2) is 0 Å². The van der Waals surface area contributed by atoms with Crippen molar-refractivity contribution in [1.82, 2.24) is 10.2 Å². The van der Waals surface area contributed by atoms with E-state index in [0.29, 0.717) is 0 Å². The van der Waals surface area contributed by atoms with Crippen LogP contribution >= 0.6 is 23.3 Å². The van der Waals surface area contributed by atoms with Crippen molar-refractivity contribution in [3.63, 3.8) is 0 Å². The summed E-state index contributed by atoms with van der Waals surface area (Å²) in [4.78, 5) is 12.0. The summed E-state index contributed by atoms with van der Waals surface area (Å²) in [6.45, 7) is 7.84. The molecule has 1 heterocycles. The molecule has 0 aliphatic rings. The third-order valence-electron chi connectivity index (χ3n) is 2.50. The Balaban J connectivity index is 1.94. The van der Waals surface area contributed by atoms with E-state index in [2.05, 4.69) is 41.0 Å². The Labute approximate surface area is 132 Å². The first-order chi connectivity index (χ1) is 9.84. The first-order valence-electron chi connectivity index (χ1n) is 6.49. The van der Waals surface area contributed by atoms with Crippen molar-refractivity contribution in [2.45, 2.75) is 38.0 Å². The van der Waals surface area contributed by atoms with E-state index in [1.54, 1.807) is 11.3 Å². The van der Waals surface area contributed by atoms with E-state index in [0.717, 1.165) is 20.7 Å². The number of rotatable bonds is 4. The van der Waals surface area contributed by atoms with E-state index in [9.17, 15) is 4.79 Å². The van der Waals surface area contributed by atoms with Gasteiger partial charge in [-0.1, -0.05) is 32.1 Å². The summed E-state index contributed by atoms with van der Waals surface area (Å²) >= 11 is 3.03. The summed E-state index contributed by atoms with van der Waals surface area (Å²) < 4.78 is 3.19. The monoisotopic (exact) mass is 322 g/mol. The molecule has 2 N–H and O–H groups in total. The van der Waals surface area contributed by atoms with E-state index in [1.807, 2.05) is 24.3 Å². The Morgan fingerprint density at radius 3 is 2.38 bits per heavy atom. The molecule has 0 spiro atoms. The maximum absolute atomic E-state index is 10.9. The van der Waals surface area contributed by atoms with Gasteiger partial charge in [-0.05, 0) is 36.2 Å². The molecule has 2 aromatic rings. The van der Waals surface area contributed by atoms with E-state index >= 15 is 0 Å². The van der Waals surface area contributed by atoms with Crippen LogP contribution in [0.3, 0.4) is 0 Å². The van der Waals surface area contributed by atoms with Crippen molar-refractivity contribution in [1.29, 1.82) is 0 Å². The molecule has 112 valence electrons. The van der Waals surface area contributed by atoms with Gasteiger partial charge in [0.05, 0.1) is 0 Å². The fourth-order valence-electron chi connectivity index (χ4n) is 1.48. The highest BCUT2D eigenvalue weighted by atomic mass is 32.2. The molecule has 0 radical (unpaired) electrons. The van der Waals surface area contributed by atoms with Gasteiger partial charge in [0, 0.05) is 22.9 Å². The van der Waals surface area contributed by atoms with Gasteiger partial charge in [0.25, 0.3) is 0 Å². The molecule has 0 saturated heterocycles. The predicted octanol–water partition coefficient (Wildman–Crippen LogP) is 3.91. The molecule has 0 aliphatic carbocycles. The average molecular weight is 322 g/mol. The minimum Gasteiger partial charge on any atom is -0.326 e. The fourth-order valence-corrected chi connectivity index (χ4v) is 2.94. The predicted molar refractivity (Wildman–Crippen MR) is 88.8 cm³/mol. The van der Waals surface area contributed by atoms with Gasteiger partial charge in [-0.15, -0.1) is 10.2 Å². The van der Waals surface area contributed by atoms with Crippen LogP contribution in [0.2, 0.25) is 0 Å². The summed E-state index contributed by atoms with van der Waals surface area (Å²) in [7, 11) is 0. The first kappa shape index (κ1) is 15.8. The number of nitrogens with zero attached hydrogens (tertiary/aromatic N) is 2. The largest absolute Gasteiger partial charge is 0.326 e. The molecule has 7 heteroatoms. The van der Waals surface area contributed by atoms with Crippen molar-refractivity contribution < 1.29 is 4.79 Å². The lowest BCUT2D eigenvalue weighted by Gasteiger charge is -2.12. The van der Waals surface area contributed by atoms with E-state index in [-0.39, 0.29) is 11.3 Å². The maximum atomic E-state index is 10.9. The van der Waals surface area contributed by atoms with Crippen LogP contribution in [0.5, 0.6) is 0 Å². The average Bonchev–Trinajstić information content (AvgIpc) is 2.86. The van der Waals surface area contributed by atoms with Crippen LogP contribution in [0.15, 0.2) is 29.2 Å². The highest BCUT2D eigenvalue weighted by Crippen LogP contribution is 2.30. The number of benzene rings is 1. The van der Waals surface area contributed by atoms with Gasteiger partial charge in [0.1, 0.15) is 5.01 Å². The van der Waals surface area contributed by atoms with Gasteiger partial charge >= 0.3 is 0 Å². The number of hydrogen-bond donors (Lipinski definition) is 2. The number of carbonyl (C=O) groups excluding carboxylic acids is 1. The van der Waals surface area contributed by atoms with Crippen LogP contribution in [0, 0.1) is 0 Å². The first-order valence-corrected chi connectivity index (χ1v) is 8.12. The van der Waals surface area contributed by atoms with Crippen molar-refractivity contribution in [2.75, 3.05) is 10.0 Å². The number of carbonyl (C=O) groups is 1. The highest BCUT2D eigenvalue weighted by molar-refractivity contribution is 8.00. The molecule has 0 unspecified atom stereocenters. The normalized spacial score (nSPS) is 11.2. The number of amides is 1. The maximum Gasteiger partial charge on any atom is 0.221 e. The lowest BCUT2D eigenvalue weighted by molar-refractivity contribution is -0.114. The summed E-state index contributed by atoms with van der Waals surface area (Å²) in [6, 6.07) is 7.61. The molecule has 0 bridgehead atoms. The minimum atomic E-state index is -0.0721. The van der Waals surface area contributed by atoms with Crippen LogP contribution in [-0.4, -0.2) is 16.1 Å². The Morgan fingerprint density at radius 1 is 1.19 bits per heavy atom. The summed E-state index contributed by atoms with van der Waals surface area (Å²) in [5.74, 6) is -0.0721. The fraction of sp³-hybridized carbons (Fsp3) is 0.357. The molecule has 0 fully saturated rings. The third-order valence-corrected chi connectivity index (χ3v) is 4.69. The standard InChI is InChI=1S/C14H18N4OS2/c1-9(19)15-10-5-7-11(8-6-10)21-18-13-17-16-12(20-13)14(2,3)4/h5-8H,1-4H3,(H,15,19)(H,17,18). The molecular weight excluding hydrogens is 304 g/mol. The van der Waals surface area contributed by atoms with Gasteiger partial charge in [0.2, 0.25) is 11.0 Å². The van der Waals surface area contributed by atoms with E-state index in [4.69, 9.17) is 0 Å². The third kappa shape index (κ3) is 4.71. The highest BCUT2D eigenvalue weighted by Gasteiger charge is 2.19. The summed E-state index contributed by atoms with van der Waals surface area (Å²) in [5, 5.41) is 12.9. The quantitative estimate of drug-likeness (QED) is 0.835. The van der Waals surface area contributed by atoms with Crippen LogP contribution < -0.4 is 10.0 Å². The zero-order valence-corrected chi connectivity index (χ0v) is 14.1. The second-order valence-corrected chi connectivity index (χ2v) is 7.43. The second-order valence-electron chi connectivity index (χ2n) is 5.57. The van der Waals surface area contributed by atoms with Crippen molar-refractivity contribution in [2.24, 2.45) is 0 Å². The molecule has 21 heavy (non-hydrogen) atoms. The van der Waals surface area contributed by atoms with Crippen LogP contribution in [-0.2, 0) is 10.2 Å². The Kier molecular flexibility index (Phi) is 4.84. The number of anilines is 2. The zero-order valence-electron chi connectivity index (χ0n) is 12.4. The molecule has 0 aliphatic heterocycles. The molecule has 2 rings (SSSR count). The van der Waals surface area contributed by atoms with Crippen molar-refractivity contribution in [3.8, 4) is 0 Å². The Bertz CT molecular complexity index is 617. The number of aromatic nitrogens is 2. The molecular formula is C14H18N4OS2. The Hall–Kier alpha value is -1.60. The molecule has 1 aromatic heterocycles. The van der Waals surface area contributed by atoms with Crippen LogP contribution in [0.4, 0.5) is 10.8 Å². The molecule has 1 aromatic carbocycles. The van der Waals surface area contributed by atoms with Crippen LogP contribution in [0.1, 0.15) is 32.7 Å². The minimum absolute atomic E-state index is 0.0161. The molecule has 0 atom stereocenters.